The number of anilines is 7. The van der Waals surface area contributed by atoms with Crippen LogP contribution in [0.5, 0.6) is 5.75 Å². The first-order valence-corrected chi connectivity index (χ1v) is 11.2. The molecule has 0 fully saturated rings. The number of hydrogen-bond acceptors (Lipinski definition) is 10. The number of nitrogen functional groups attached to an aromatic ring is 1. The Morgan fingerprint density at radius 2 is 1.86 bits per heavy atom. The van der Waals surface area contributed by atoms with Gasteiger partial charge in [-0.1, -0.05) is 18.7 Å². The maximum atomic E-state index is 12.2. The molecule has 1 heterocycles. The van der Waals surface area contributed by atoms with E-state index in [1.807, 2.05) is 44.2 Å². The number of para-hydroxylation sites is 2. The van der Waals surface area contributed by atoms with Crippen LogP contribution in [-0.4, -0.2) is 62.1 Å². The van der Waals surface area contributed by atoms with E-state index < -0.39 is 0 Å². The van der Waals surface area contributed by atoms with E-state index in [4.69, 9.17) is 16.3 Å². The van der Waals surface area contributed by atoms with Crippen LogP contribution >= 0.6 is 0 Å². The van der Waals surface area contributed by atoms with Crippen molar-refractivity contribution in [2.75, 3.05) is 67.6 Å². The quantitative estimate of drug-likeness (QED) is 0.137. The van der Waals surface area contributed by atoms with E-state index in [0.717, 1.165) is 18.8 Å². The molecule has 0 spiro atoms. The summed E-state index contributed by atoms with van der Waals surface area (Å²) in [6.07, 6.45) is 2.80. The fourth-order valence-corrected chi connectivity index (χ4v) is 3.40. The van der Waals surface area contributed by atoms with Crippen LogP contribution in [0, 0.1) is 0 Å². The van der Waals surface area contributed by atoms with Crippen LogP contribution < -0.4 is 36.9 Å². The van der Waals surface area contributed by atoms with Crippen molar-refractivity contribution < 1.29 is 9.53 Å². The molecular weight excluding hydrogens is 458 g/mol. The van der Waals surface area contributed by atoms with Gasteiger partial charge in [0.15, 0.2) is 5.82 Å². The molecule has 11 nitrogen and oxygen atoms in total. The zero-order chi connectivity index (χ0) is 26.2. The van der Waals surface area contributed by atoms with E-state index >= 15 is 0 Å². The van der Waals surface area contributed by atoms with Crippen molar-refractivity contribution in [1.29, 1.82) is 0 Å². The number of hydrazine groups is 1. The van der Waals surface area contributed by atoms with E-state index in [9.17, 15) is 4.79 Å². The van der Waals surface area contributed by atoms with E-state index in [0.29, 0.717) is 34.3 Å². The van der Waals surface area contributed by atoms with Crippen molar-refractivity contribution in [3.8, 4) is 5.75 Å². The molecule has 0 bridgehead atoms. The molecule has 2 aromatic carbocycles. The second kappa shape index (κ2) is 11.9. The average Bonchev–Trinajstić information content (AvgIpc) is 2.87. The van der Waals surface area contributed by atoms with Crippen LogP contribution in [0.4, 0.5) is 40.2 Å². The van der Waals surface area contributed by atoms with Crippen molar-refractivity contribution in [2.24, 2.45) is 5.84 Å². The third kappa shape index (κ3) is 6.40. The zero-order valence-corrected chi connectivity index (χ0v) is 21.0. The number of hydrogen-bond donors (Lipinski definition) is 4. The van der Waals surface area contributed by atoms with E-state index in [1.54, 1.807) is 37.6 Å². The minimum absolute atomic E-state index is 0.283. The maximum absolute atomic E-state index is 12.2. The Balaban J connectivity index is 1.96. The van der Waals surface area contributed by atoms with E-state index in [2.05, 4.69) is 32.1 Å². The molecule has 0 aliphatic carbocycles. The number of likely N-dealkylation sites (N-methyl/N-ethyl adjacent to an activating group) is 2. The lowest BCUT2D eigenvalue weighted by atomic mass is 10.2. The molecule has 11 heteroatoms. The van der Waals surface area contributed by atoms with Gasteiger partial charge in [-0.25, -0.2) is 10.8 Å². The smallest absolute Gasteiger partial charge is 0.247 e. The lowest BCUT2D eigenvalue weighted by Crippen LogP contribution is -2.29. The fourth-order valence-electron chi connectivity index (χ4n) is 3.40. The SMILES string of the molecule is C=CC(=O)Nc1cc(Nc2nccc(N(N)c3ccccc3N)n2)c(OC)cc1N(C)CCN(C)C. The molecule has 0 aliphatic rings. The summed E-state index contributed by atoms with van der Waals surface area (Å²) in [5.41, 5.74) is 9.11. The van der Waals surface area contributed by atoms with Crippen LogP contribution in [0.3, 0.4) is 0 Å². The van der Waals surface area contributed by atoms with Crippen LogP contribution in [-0.2, 0) is 4.79 Å². The Bertz CT molecular complexity index is 1220. The highest BCUT2D eigenvalue weighted by Gasteiger charge is 2.17. The second-order valence-corrected chi connectivity index (χ2v) is 8.28. The normalized spacial score (nSPS) is 10.6. The van der Waals surface area contributed by atoms with Gasteiger partial charge >= 0.3 is 0 Å². The highest BCUT2D eigenvalue weighted by Crippen LogP contribution is 2.38. The molecule has 190 valence electrons. The van der Waals surface area contributed by atoms with Crippen molar-refractivity contribution in [1.82, 2.24) is 14.9 Å². The predicted octanol–water partition coefficient (Wildman–Crippen LogP) is 2.95. The van der Waals surface area contributed by atoms with E-state index in [-0.39, 0.29) is 11.9 Å². The van der Waals surface area contributed by atoms with Crippen molar-refractivity contribution in [2.45, 2.75) is 0 Å². The van der Waals surface area contributed by atoms with Gasteiger partial charge in [0.2, 0.25) is 11.9 Å². The molecule has 1 aromatic heterocycles. The average molecular weight is 492 g/mol. The molecule has 6 N–H and O–H groups in total. The molecule has 0 saturated heterocycles. The fraction of sp³-hybridized carbons (Fsp3) is 0.240. The Morgan fingerprint density at radius 1 is 1.11 bits per heavy atom. The number of nitrogens with zero attached hydrogens (tertiary/aromatic N) is 5. The van der Waals surface area contributed by atoms with Gasteiger partial charge in [0, 0.05) is 38.5 Å². The van der Waals surface area contributed by atoms with Gasteiger partial charge in [-0.05, 0) is 38.4 Å². The Kier molecular flexibility index (Phi) is 8.66. The number of methoxy groups -OCH3 is 1. The summed E-state index contributed by atoms with van der Waals surface area (Å²) in [5.74, 6) is 7.21. The summed E-state index contributed by atoms with van der Waals surface area (Å²) >= 11 is 0. The first-order valence-electron chi connectivity index (χ1n) is 11.2. The molecule has 0 radical (unpaired) electrons. The predicted molar refractivity (Wildman–Crippen MR) is 146 cm³/mol. The van der Waals surface area contributed by atoms with E-state index in [1.165, 1.54) is 11.1 Å². The number of nitrogens with two attached hydrogens (primary N) is 2. The molecular formula is C25H33N9O2. The Labute approximate surface area is 211 Å². The highest BCUT2D eigenvalue weighted by molar-refractivity contribution is 6.02. The number of ether oxygens (including phenoxy) is 1. The molecule has 1 amide bonds. The number of rotatable bonds is 11. The highest BCUT2D eigenvalue weighted by atomic mass is 16.5. The third-order valence-electron chi connectivity index (χ3n) is 5.39. The maximum Gasteiger partial charge on any atom is 0.247 e. The molecule has 0 saturated carbocycles. The largest absolute Gasteiger partial charge is 0.494 e. The Hall–Kier alpha value is -4.35. The van der Waals surface area contributed by atoms with Crippen molar-refractivity contribution in [3.63, 3.8) is 0 Å². The van der Waals surface area contributed by atoms with Crippen LogP contribution in [0.15, 0.2) is 61.3 Å². The van der Waals surface area contributed by atoms with Crippen LogP contribution in [0.1, 0.15) is 0 Å². The van der Waals surface area contributed by atoms with Gasteiger partial charge in [0.05, 0.1) is 35.5 Å². The third-order valence-corrected chi connectivity index (χ3v) is 5.39. The van der Waals surface area contributed by atoms with Gasteiger partial charge in [0.1, 0.15) is 5.75 Å². The summed E-state index contributed by atoms with van der Waals surface area (Å²) in [5, 5.41) is 7.43. The monoisotopic (exact) mass is 491 g/mol. The molecule has 0 atom stereocenters. The molecule has 0 unspecified atom stereocenters. The summed E-state index contributed by atoms with van der Waals surface area (Å²) in [7, 11) is 7.53. The number of nitrogens with one attached hydrogen (secondary N) is 2. The van der Waals surface area contributed by atoms with Crippen molar-refractivity contribution >= 4 is 46.1 Å². The van der Waals surface area contributed by atoms with Gasteiger partial charge in [-0.15, -0.1) is 0 Å². The van der Waals surface area contributed by atoms with Crippen molar-refractivity contribution in [3.05, 3.63) is 61.3 Å². The first-order chi connectivity index (χ1) is 17.2. The van der Waals surface area contributed by atoms with Gasteiger partial charge in [0.25, 0.3) is 0 Å². The summed E-state index contributed by atoms with van der Waals surface area (Å²) < 4.78 is 5.64. The number of aromatic nitrogens is 2. The minimum Gasteiger partial charge on any atom is -0.494 e. The van der Waals surface area contributed by atoms with Gasteiger partial charge in [-0.2, -0.15) is 4.98 Å². The zero-order valence-electron chi connectivity index (χ0n) is 21.0. The lowest BCUT2D eigenvalue weighted by Gasteiger charge is -2.26. The second-order valence-electron chi connectivity index (χ2n) is 8.28. The summed E-state index contributed by atoms with van der Waals surface area (Å²) in [4.78, 5) is 25.1. The van der Waals surface area contributed by atoms with Crippen LogP contribution in [0.2, 0.25) is 0 Å². The number of carbonyl (C=O) groups excluding carboxylic acids is 1. The summed E-state index contributed by atoms with van der Waals surface area (Å²) in [6.45, 7) is 5.12. The van der Waals surface area contributed by atoms with Gasteiger partial charge < -0.3 is 30.9 Å². The number of amides is 1. The number of benzene rings is 2. The lowest BCUT2D eigenvalue weighted by molar-refractivity contribution is -0.111. The molecule has 0 aliphatic heterocycles. The molecule has 3 rings (SSSR count). The standard InChI is InChI=1S/C25H33N9O2/c1-6-24(35)29-18-15-19(22(36-5)16-21(18)33(4)14-13-32(2)3)30-25-28-12-11-23(31-25)34(27)20-10-8-7-9-17(20)26/h6-12,15-16H,1,13-14,26-27H2,2-5H3,(H,29,35)(H,28,30,31). The first kappa shape index (κ1) is 26.3. The molecule has 3 aromatic rings. The molecule has 36 heavy (non-hydrogen) atoms. The minimum atomic E-state index is -0.328. The Morgan fingerprint density at radius 3 is 2.53 bits per heavy atom. The topological polar surface area (TPSA) is 138 Å². The van der Waals surface area contributed by atoms with Gasteiger partial charge in [-0.3, -0.25) is 9.80 Å². The summed E-state index contributed by atoms with van der Waals surface area (Å²) in [6, 6.07) is 12.5. The number of carbonyl (C=O) groups is 1. The van der Waals surface area contributed by atoms with Crippen LogP contribution in [0.25, 0.3) is 0 Å².